The van der Waals surface area contributed by atoms with Crippen LogP contribution in [0.4, 0.5) is 0 Å². The van der Waals surface area contributed by atoms with Gasteiger partial charge < -0.3 is 14.2 Å². The molecule has 1 atom stereocenters. The van der Waals surface area contributed by atoms with Crippen molar-refractivity contribution in [1.29, 1.82) is 0 Å². The molecule has 0 aliphatic rings. The van der Waals surface area contributed by atoms with E-state index in [4.69, 9.17) is 14.2 Å². The summed E-state index contributed by atoms with van der Waals surface area (Å²) in [6.45, 7) is 6.66. The number of carbonyl (C=O) groups excluding carboxylic acids is 3. The quantitative estimate of drug-likeness (QED) is 0.0261. The molecule has 0 aliphatic heterocycles. The largest absolute Gasteiger partial charge is 0.462 e. The Kier molecular flexibility index (Phi) is 56.2. The number of hydrogen-bond donors (Lipinski definition) is 0. The number of unbranched alkanes of at least 4 members (excludes halogenated alkanes) is 39. The van der Waals surface area contributed by atoms with Crippen LogP contribution in [0.5, 0.6) is 0 Å². The lowest BCUT2D eigenvalue weighted by Crippen LogP contribution is -2.30. The summed E-state index contributed by atoms with van der Waals surface area (Å²) in [5, 5.41) is 0. The molecule has 0 radical (unpaired) electrons. The average molecular weight is 970 g/mol. The van der Waals surface area contributed by atoms with Gasteiger partial charge in [-0.15, -0.1) is 0 Å². The lowest BCUT2D eigenvalue weighted by Gasteiger charge is -2.18. The molecule has 6 heteroatoms. The van der Waals surface area contributed by atoms with Gasteiger partial charge in [0.2, 0.25) is 0 Å². The fourth-order valence-electron chi connectivity index (χ4n) is 8.96. The molecule has 0 N–H and O–H groups in total. The summed E-state index contributed by atoms with van der Waals surface area (Å²) in [5.41, 5.74) is 0. The van der Waals surface area contributed by atoms with Gasteiger partial charge in [0.05, 0.1) is 0 Å². The summed E-state index contributed by atoms with van der Waals surface area (Å²) in [6, 6.07) is 0. The SMILES string of the molecule is CCCCCCCCC/C=C\CCCCCCCC(=O)OCC(COC(=O)CCCCCCCCC/C=C\CCCCCCCCCC)OC(=O)CCCCCCC/C=C\CCCCCCCCC. The highest BCUT2D eigenvalue weighted by atomic mass is 16.6. The molecule has 0 rings (SSSR count). The molecule has 0 aromatic carbocycles. The van der Waals surface area contributed by atoms with Crippen LogP contribution in [-0.4, -0.2) is 37.2 Å². The van der Waals surface area contributed by atoms with Crippen LogP contribution >= 0.6 is 0 Å². The number of ether oxygens (including phenoxy) is 3. The number of esters is 3. The highest BCUT2D eigenvalue weighted by Crippen LogP contribution is 2.16. The summed E-state index contributed by atoms with van der Waals surface area (Å²) in [7, 11) is 0. The number of rotatable bonds is 56. The molecule has 0 aromatic heterocycles. The molecule has 0 fully saturated rings. The Bertz CT molecular complexity index is 1160. The molecular weight excluding hydrogens is 853 g/mol. The Morgan fingerprint density at radius 1 is 0.275 bits per heavy atom. The van der Waals surface area contributed by atoms with Crippen LogP contribution in [0.1, 0.15) is 329 Å². The molecule has 0 saturated carbocycles. The molecule has 0 bridgehead atoms. The van der Waals surface area contributed by atoms with Crippen LogP contribution in [0.25, 0.3) is 0 Å². The topological polar surface area (TPSA) is 78.9 Å². The molecule has 0 saturated heterocycles. The Labute approximate surface area is 429 Å². The molecule has 404 valence electrons. The first-order valence-electron chi connectivity index (χ1n) is 30.5. The standard InChI is InChI=1S/C63H116O6/c1-4-7-10-13-16-19-22-25-28-31-32-33-36-38-41-44-47-50-53-56-62(65)68-59-60(69-63(66)57-54-51-48-45-42-39-35-30-27-24-21-18-15-12-9-6-3)58-67-61(64)55-52-49-46-43-40-37-34-29-26-23-20-17-14-11-8-5-2/h29-32,34-35,60H,4-28,33,36-59H2,1-3H3/b32-31-,34-29-,35-30-. The van der Waals surface area contributed by atoms with Gasteiger partial charge in [-0.05, 0) is 96.3 Å². The normalized spacial score (nSPS) is 12.2. The van der Waals surface area contributed by atoms with Gasteiger partial charge in [-0.3, -0.25) is 14.4 Å². The van der Waals surface area contributed by atoms with Crippen LogP contribution in [0.2, 0.25) is 0 Å². The summed E-state index contributed by atoms with van der Waals surface area (Å²) in [6.07, 6.45) is 69.9. The Balaban J connectivity index is 4.36. The maximum absolute atomic E-state index is 12.9. The maximum Gasteiger partial charge on any atom is 0.306 e. The molecule has 0 heterocycles. The van der Waals surface area contributed by atoms with E-state index in [9.17, 15) is 14.4 Å². The fourth-order valence-corrected chi connectivity index (χ4v) is 8.96. The lowest BCUT2D eigenvalue weighted by molar-refractivity contribution is -0.167. The zero-order valence-electron chi connectivity index (χ0n) is 46.3. The molecular formula is C63H116O6. The van der Waals surface area contributed by atoms with E-state index in [1.807, 2.05) is 0 Å². The van der Waals surface area contributed by atoms with Gasteiger partial charge in [-0.25, -0.2) is 0 Å². The van der Waals surface area contributed by atoms with Crippen molar-refractivity contribution < 1.29 is 28.6 Å². The smallest absolute Gasteiger partial charge is 0.306 e. The zero-order valence-corrected chi connectivity index (χ0v) is 46.3. The van der Waals surface area contributed by atoms with Crippen molar-refractivity contribution in [3.63, 3.8) is 0 Å². The van der Waals surface area contributed by atoms with Gasteiger partial charge in [0.1, 0.15) is 13.2 Å². The third kappa shape index (κ3) is 56.4. The van der Waals surface area contributed by atoms with Crippen LogP contribution < -0.4 is 0 Å². The van der Waals surface area contributed by atoms with E-state index in [1.165, 1.54) is 218 Å². The van der Waals surface area contributed by atoms with E-state index in [0.717, 1.165) is 70.6 Å². The first-order valence-corrected chi connectivity index (χ1v) is 30.5. The van der Waals surface area contributed by atoms with Gasteiger partial charge in [0.25, 0.3) is 0 Å². The summed E-state index contributed by atoms with van der Waals surface area (Å²) < 4.78 is 16.9. The van der Waals surface area contributed by atoms with Crippen LogP contribution in [0.15, 0.2) is 36.5 Å². The molecule has 6 nitrogen and oxygen atoms in total. The third-order valence-electron chi connectivity index (χ3n) is 13.6. The van der Waals surface area contributed by atoms with Gasteiger partial charge in [0, 0.05) is 19.3 Å². The fraction of sp³-hybridized carbons (Fsp3) is 0.857. The monoisotopic (exact) mass is 969 g/mol. The highest BCUT2D eigenvalue weighted by Gasteiger charge is 2.19. The predicted octanol–water partition coefficient (Wildman–Crippen LogP) is 20.4. The molecule has 0 spiro atoms. The molecule has 0 amide bonds. The number of hydrogen-bond acceptors (Lipinski definition) is 6. The van der Waals surface area contributed by atoms with Gasteiger partial charge in [0.15, 0.2) is 6.10 Å². The van der Waals surface area contributed by atoms with Gasteiger partial charge >= 0.3 is 17.9 Å². The predicted molar refractivity (Wildman–Crippen MR) is 298 cm³/mol. The summed E-state index contributed by atoms with van der Waals surface area (Å²) in [4.78, 5) is 38.2. The minimum Gasteiger partial charge on any atom is -0.462 e. The van der Waals surface area contributed by atoms with E-state index in [0.29, 0.717) is 19.3 Å². The van der Waals surface area contributed by atoms with E-state index in [-0.39, 0.29) is 31.1 Å². The molecule has 69 heavy (non-hydrogen) atoms. The second-order valence-corrected chi connectivity index (χ2v) is 20.6. The molecule has 1 unspecified atom stereocenters. The number of carbonyl (C=O) groups is 3. The first kappa shape index (κ1) is 66.6. The van der Waals surface area contributed by atoms with Crippen molar-refractivity contribution >= 4 is 17.9 Å². The van der Waals surface area contributed by atoms with Crippen molar-refractivity contribution in [2.24, 2.45) is 0 Å². The highest BCUT2D eigenvalue weighted by molar-refractivity contribution is 5.71. The summed E-state index contributed by atoms with van der Waals surface area (Å²) in [5.74, 6) is -0.880. The van der Waals surface area contributed by atoms with Crippen molar-refractivity contribution in [3.05, 3.63) is 36.5 Å². The second-order valence-electron chi connectivity index (χ2n) is 20.6. The second kappa shape index (κ2) is 58.2. The Morgan fingerprint density at radius 2 is 0.478 bits per heavy atom. The minimum absolute atomic E-state index is 0.0780. The van der Waals surface area contributed by atoms with Crippen LogP contribution in [0.3, 0.4) is 0 Å². The molecule has 0 aromatic rings. The van der Waals surface area contributed by atoms with E-state index in [2.05, 4.69) is 57.2 Å². The zero-order chi connectivity index (χ0) is 50.0. The average Bonchev–Trinajstić information content (AvgIpc) is 3.35. The lowest BCUT2D eigenvalue weighted by atomic mass is 10.1. The van der Waals surface area contributed by atoms with E-state index in [1.54, 1.807) is 0 Å². The first-order chi connectivity index (χ1) is 34.0. The Morgan fingerprint density at radius 3 is 0.725 bits per heavy atom. The van der Waals surface area contributed by atoms with Crippen molar-refractivity contribution in [1.82, 2.24) is 0 Å². The van der Waals surface area contributed by atoms with Crippen molar-refractivity contribution in [3.8, 4) is 0 Å². The maximum atomic E-state index is 12.9. The van der Waals surface area contributed by atoms with Gasteiger partial charge in [-0.2, -0.15) is 0 Å². The Hall–Kier alpha value is -2.37. The van der Waals surface area contributed by atoms with E-state index >= 15 is 0 Å². The van der Waals surface area contributed by atoms with E-state index < -0.39 is 6.10 Å². The number of allylic oxidation sites excluding steroid dienone is 6. The van der Waals surface area contributed by atoms with Crippen molar-refractivity contribution in [2.45, 2.75) is 335 Å². The van der Waals surface area contributed by atoms with Crippen LogP contribution in [-0.2, 0) is 28.6 Å². The summed E-state index contributed by atoms with van der Waals surface area (Å²) >= 11 is 0. The van der Waals surface area contributed by atoms with Crippen LogP contribution in [0, 0.1) is 0 Å². The van der Waals surface area contributed by atoms with Gasteiger partial charge in [-0.1, -0.05) is 250 Å². The molecule has 0 aliphatic carbocycles. The third-order valence-corrected chi connectivity index (χ3v) is 13.6. The van der Waals surface area contributed by atoms with Crippen molar-refractivity contribution in [2.75, 3.05) is 13.2 Å². The minimum atomic E-state index is -0.781.